The van der Waals surface area contributed by atoms with E-state index < -0.39 is 9.84 Å². The van der Waals surface area contributed by atoms with E-state index in [-0.39, 0.29) is 15.4 Å². The number of sulfone groups is 1. The normalized spacial score (nSPS) is 11.9. The molecule has 0 bridgehead atoms. The molecule has 0 spiro atoms. The molecule has 0 saturated carbocycles. The van der Waals surface area contributed by atoms with Crippen molar-refractivity contribution >= 4 is 33.1 Å². The van der Waals surface area contributed by atoms with Crippen molar-refractivity contribution in [3.8, 4) is 0 Å². The summed E-state index contributed by atoms with van der Waals surface area (Å²) in [5.41, 5.74) is 6.96. The van der Waals surface area contributed by atoms with Crippen LogP contribution in [0.2, 0.25) is 0 Å². The first kappa shape index (κ1) is 17.7. The van der Waals surface area contributed by atoms with Gasteiger partial charge in [-0.25, -0.2) is 13.4 Å². The second-order valence-corrected chi connectivity index (χ2v) is 7.99. The van der Waals surface area contributed by atoms with Crippen LogP contribution in [0.25, 0.3) is 5.65 Å². The van der Waals surface area contributed by atoms with Crippen LogP contribution in [0.1, 0.15) is 5.69 Å². The Labute approximate surface area is 150 Å². The molecule has 0 aliphatic rings. The van der Waals surface area contributed by atoms with Gasteiger partial charge in [0.2, 0.25) is 9.84 Å². The molecule has 0 fully saturated rings. The van der Waals surface area contributed by atoms with Gasteiger partial charge in [-0.3, -0.25) is 0 Å². The fourth-order valence-corrected chi connectivity index (χ4v) is 4.89. The lowest BCUT2D eigenvalue weighted by Crippen LogP contribution is -2.07. The predicted octanol–water partition coefficient (Wildman–Crippen LogP) is 2.06. The molecule has 132 valence electrons. The van der Waals surface area contributed by atoms with Gasteiger partial charge in [0.05, 0.1) is 11.5 Å². The maximum Gasteiger partial charge on any atom is 0.213 e. The third-order valence-electron chi connectivity index (χ3n) is 3.68. The van der Waals surface area contributed by atoms with Crippen molar-refractivity contribution in [3.63, 3.8) is 0 Å². The monoisotopic (exact) mass is 378 g/mol. The van der Waals surface area contributed by atoms with Gasteiger partial charge in [0.15, 0.2) is 10.5 Å². The van der Waals surface area contributed by atoms with Crippen LogP contribution in [-0.2, 0) is 21.0 Å². The van der Waals surface area contributed by atoms with Crippen molar-refractivity contribution in [2.45, 2.75) is 21.2 Å². The second-order valence-electron chi connectivity index (χ2n) is 5.31. The molecule has 0 atom stereocenters. The van der Waals surface area contributed by atoms with Crippen LogP contribution in [0, 0.1) is 0 Å². The summed E-state index contributed by atoms with van der Waals surface area (Å²) >= 11 is 1.24. The van der Waals surface area contributed by atoms with Crippen molar-refractivity contribution in [2.24, 2.45) is 0 Å². The third-order valence-corrected chi connectivity index (χ3v) is 6.28. The standard InChI is InChI=1S/C16H18N4O3S2/c1-23-9-8-11-10-13(17)20-15(18-11)14(16(19-20)24-2)25(21,22)12-6-4-3-5-7-12/h3-7,10H,8-9,17H2,1-2H3. The summed E-state index contributed by atoms with van der Waals surface area (Å²) in [7, 11) is -2.18. The summed E-state index contributed by atoms with van der Waals surface area (Å²) < 4.78 is 32.7. The van der Waals surface area contributed by atoms with Crippen molar-refractivity contribution in [1.82, 2.24) is 14.6 Å². The number of hydrogen-bond donors (Lipinski definition) is 1. The summed E-state index contributed by atoms with van der Waals surface area (Å²) in [6, 6.07) is 9.93. The number of fused-ring (bicyclic) bond motifs is 1. The molecule has 2 aromatic heterocycles. The van der Waals surface area contributed by atoms with Crippen molar-refractivity contribution in [2.75, 3.05) is 25.7 Å². The number of nitrogen functional groups attached to an aromatic ring is 1. The predicted molar refractivity (Wildman–Crippen MR) is 96.7 cm³/mol. The smallest absolute Gasteiger partial charge is 0.213 e. The Morgan fingerprint density at radius 2 is 2.00 bits per heavy atom. The Morgan fingerprint density at radius 3 is 2.64 bits per heavy atom. The number of ether oxygens (including phenoxy) is 1. The number of rotatable bonds is 6. The molecule has 1 aromatic carbocycles. The SMILES string of the molecule is COCCc1cc(N)n2nc(SC)c(S(=O)(=O)c3ccccc3)c2n1. The highest BCUT2D eigenvalue weighted by Crippen LogP contribution is 2.33. The van der Waals surface area contributed by atoms with E-state index >= 15 is 0 Å². The molecule has 3 rings (SSSR count). The minimum absolute atomic E-state index is 0.0807. The average Bonchev–Trinajstić information content (AvgIpc) is 3.00. The molecule has 0 aliphatic carbocycles. The second kappa shape index (κ2) is 7.03. The van der Waals surface area contributed by atoms with Gasteiger partial charge in [-0.15, -0.1) is 11.8 Å². The van der Waals surface area contributed by atoms with Crippen LogP contribution in [0.3, 0.4) is 0 Å². The summed E-state index contributed by atoms with van der Waals surface area (Å²) in [4.78, 5) is 4.76. The molecule has 2 N–H and O–H groups in total. The highest BCUT2D eigenvalue weighted by atomic mass is 32.2. The van der Waals surface area contributed by atoms with Crippen LogP contribution < -0.4 is 5.73 Å². The molecule has 25 heavy (non-hydrogen) atoms. The zero-order chi connectivity index (χ0) is 18.0. The van der Waals surface area contributed by atoms with Crippen LogP contribution >= 0.6 is 11.8 Å². The lowest BCUT2D eigenvalue weighted by molar-refractivity contribution is 0.201. The number of anilines is 1. The molecular formula is C16H18N4O3S2. The first-order valence-electron chi connectivity index (χ1n) is 7.50. The van der Waals surface area contributed by atoms with Crippen molar-refractivity contribution in [1.29, 1.82) is 0 Å². The fraction of sp³-hybridized carbons (Fsp3) is 0.250. The third kappa shape index (κ3) is 3.22. The van der Waals surface area contributed by atoms with Crippen LogP contribution in [0.5, 0.6) is 0 Å². The van der Waals surface area contributed by atoms with Gasteiger partial charge < -0.3 is 10.5 Å². The Hall–Kier alpha value is -2.10. The summed E-state index contributed by atoms with van der Waals surface area (Å²) in [5.74, 6) is 0.334. The zero-order valence-electron chi connectivity index (χ0n) is 13.8. The molecule has 0 radical (unpaired) electrons. The maximum absolute atomic E-state index is 13.2. The number of hydrogen-bond acceptors (Lipinski definition) is 7. The van der Waals surface area contributed by atoms with Gasteiger partial charge in [-0.1, -0.05) is 18.2 Å². The molecule has 2 heterocycles. The Morgan fingerprint density at radius 1 is 1.28 bits per heavy atom. The lowest BCUT2D eigenvalue weighted by Gasteiger charge is -2.06. The lowest BCUT2D eigenvalue weighted by atomic mass is 10.3. The summed E-state index contributed by atoms with van der Waals surface area (Å²) in [5, 5.41) is 4.69. The summed E-state index contributed by atoms with van der Waals surface area (Å²) in [6.45, 7) is 0.465. The molecule has 9 heteroatoms. The van der Waals surface area contributed by atoms with Gasteiger partial charge in [-0.2, -0.15) is 9.61 Å². The first-order valence-corrected chi connectivity index (χ1v) is 10.2. The molecule has 0 unspecified atom stereocenters. The van der Waals surface area contributed by atoms with E-state index in [1.165, 1.54) is 16.3 Å². The largest absolute Gasteiger partial charge is 0.384 e. The number of nitrogens with two attached hydrogens (primary N) is 1. The number of methoxy groups -OCH3 is 1. The van der Waals surface area contributed by atoms with E-state index in [0.717, 1.165) is 0 Å². The molecule has 3 aromatic rings. The van der Waals surface area contributed by atoms with E-state index in [0.29, 0.717) is 29.6 Å². The topological polar surface area (TPSA) is 99.6 Å². The van der Waals surface area contributed by atoms with Gasteiger partial charge in [0, 0.05) is 25.3 Å². The molecule has 0 saturated heterocycles. The number of benzene rings is 1. The first-order chi connectivity index (χ1) is 12.0. The van der Waals surface area contributed by atoms with Crippen LogP contribution in [0.4, 0.5) is 5.82 Å². The van der Waals surface area contributed by atoms with E-state index in [2.05, 4.69) is 10.1 Å². The molecule has 7 nitrogen and oxygen atoms in total. The Kier molecular flexibility index (Phi) is 4.98. The zero-order valence-corrected chi connectivity index (χ0v) is 15.5. The van der Waals surface area contributed by atoms with Gasteiger partial charge in [0.1, 0.15) is 10.8 Å². The number of nitrogens with zero attached hydrogens (tertiary/aromatic N) is 3. The Bertz CT molecular complexity index is 1000. The maximum atomic E-state index is 13.2. The molecule has 0 aliphatic heterocycles. The molecular weight excluding hydrogens is 360 g/mol. The van der Waals surface area contributed by atoms with Crippen molar-refractivity contribution < 1.29 is 13.2 Å². The minimum atomic E-state index is -3.77. The highest BCUT2D eigenvalue weighted by molar-refractivity contribution is 7.99. The fourth-order valence-electron chi connectivity index (χ4n) is 2.47. The van der Waals surface area contributed by atoms with Crippen LogP contribution in [0.15, 0.2) is 51.2 Å². The van der Waals surface area contributed by atoms with E-state index in [4.69, 9.17) is 10.5 Å². The van der Waals surface area contributed by atoms with Gasteiger partial charge in [0.25, 0.3) is 0 Å². The average molecular weight is 378 g/mol. The van der Waals surface area contributed by atoms with Gasteiger partial charge >= 0.3 is 0 Å². The van der Waals surface area contributed by atoms with E-state index in [1.54, 1.807) is 49.8 Å². The Balaban J connectivity index is 2.27. The molecule has 0 amide bonds. The summed E-state index contributed by atoms with van der Waals surface area (Å²) in [6.07, 6.45) is 2.30. The van der Waals surface area contributed by atoms with E-state index in [9.17, 15) is 8.42 Å². The number of aromatic nitrogens is 3. The van der Waals surface area contributed by atoms with Gasteiger partial charge in [-0.05, 0) is 18.4 Å². The van der Waals surface area contributed by atoms with Crippen LogP contribution in [-0.4, -0.2) is 43.0 Å². The number of thioether (sulfide) groups is 1. The highest BCUT2D eigenvalue weighted by Gasteiger charge is 2.29. The minimum Gasteiger partial charge on any atom is -0.384 e. The quantitative estimate of drug-likeness (QED) is 0.655. The van der Waals surface area contributed by atoms with Crippen molar-refractivity contribution in [3.05, 3.63) is 42.1 Å². The van der Waals surface area contributed by atoms with E-state index in [1.807, 2.05) is 0 Å².